The van der Waals surface area contributed by atoms with Crippen LogP contribution < -0.4 is 4.72 Å². The topological polar surface area (TPSA) is 62.6 Å². The van der Waals surface area contributed by atoms with Gasteiger partial charge in [0.1, 0.15) is 5.76 Å². The first-order valence-electron chi connectivity index (χ1n) is 7.67. The fourth-order valence-electron chi connectivity index (χ4n) is 2.71. The molecule has 1 aliphatic rings. The Labute approximate surface area is 155 Å². The van der Waals surface area contributed by atoms with Gasteiger partial charge in [0.15, 0.2) is 0 Å². The zero-order valence-corrected chi connectivity index (χ0v) is 16.2. The molecule has 1 N–H and O–H groups in total. The van der Waals surface area contributed by atoms with Crippen molar-refractivity contribution in [3.63, 3.8) is 0 Å². The minimum Gasteiger partial charge on any atom is -0.468 e. The van der Waals surface area contributed by atoms with Crippen LogP contribution >= 0.6 is 27.7 Å². The molecule has 5 nitrogen and oxygen atoms in total. The minimum absolute atomic E-state index is 0.0989. The summed E-state index contributed by atoms with van der Waals surface area (Å²) in [6, 6.07) is 10.5. The van der Waals surface area contributed by atoms with Crippen molar-refractivity contribution in [2.24, 2.45) is 0 Å². The zero-order chi connectivity index (χ0) is 17.0. The Morgan fingerprint density at radius 3 is 2.62 bits per heavy atom. The highest BCUT2D eigenvalue weighted by atomic mass is 79.9. The molecular formula is C16H19BrN2O3S2. The van der Waals surface area contributed by atoms with Gasteiger partial charge >= 0.3 is 0 Å². The second kappa shape index (κ2) is 8.05. The first-order valence-corrected chi connectivity index (χ1v) is 11.1. The van der Waals surface area contributed by atoms with Crippen LogP contribution in [0.2, 0.25) is 0 Å². The molecular weight excluding hydrogens is 412 g/mol. The summed E-state index contributed by atoms with van der Waals surface area (Å²) in [5.41, 5.74) is 0. The van der Waals surface area contributed by atoms with Crippen LogP contribution in [-0.4, -0.2) is 44.5 Å². The maximum atomic E-state index is 12.6. The highest BCUT2D eigenvalue weighted by Crippen LogP contribution is 2.26. The largest absolute Gasteiger partial charge is 0.468 e. The van der Waals surface area contributed by atoms with E-state index in [-0.39, 0.29) is 17.5 Å². The van der Waals surface area contributed by atoms with Gasteiger partial charge < -0.3 is 4.42 Å². The third kappa shape index (κ3) is 4.23. The van der Waals surface area contributed by atoms with E-state index in [1.165, 1.54) is 0 Å². The van der Waals surface area contributed by atoms with Gasteiger partial charge in [-0.05, 0) is 40.2 Å². The van der Waals surface area contributed by atoms with E-state index in [1.807, 2.05) is 23.9 Å². The van der Waals surface area contributed by atoms with Crippen LogP contribution in [0.1, 0.15) is 11.8 Å². The number of benzene rings is 1. The predicted molar refractivity (Wildman–Crippen MR) is 99.7 cm³/mol. The summed E-state index contributed by atoms with van der Waals surface area (Å²) in [5.74, 6) is 2.89. The normalized spacial score (nSPS) is 17.7. The number of sulfonamides is 1. The number of thioether (sulfide) groups is 1. The van der Waals surface area contributed by atoms with E-state index in [4.69, 9.17) is 4.42 Å². The zero-order valence-electron chi connectivity index (χ0n) is 13.0. The Morgan fingerprint density at radius 1 is 1.21 bits per heavy atom. The van der Waals surface area contributed by atoms with Crippen LogP contribution in [-0.2, 0) is 10.0 Å². The molecule has 130 valence electrons. The summed E-state index contributed by atoms with van der Waals surface area (Å²) in [6.07, 6.45) is 1.63. The van der Waals surface area contributed by atoms with Crippen molar-refractivity contribution in [1.82, 2.24) is 9.62 Å². The summed E-state index contributed by atoms with van der Waals surface area (Å²) < 4.78 is 34.1. The molecule has 3 rings (SSSR count). The van der Waals surface area contributed by atoms with Gasteiger partial charge in [0.2, 0.25) is 10.0 Å². The van der Waals surface area contributed by atoms with Gasteiger partial charge in [-0.2, -0.15) is 11.8 Å². The Bertz CT molecular complexity index is 759. The van der Waals surface area contributed by atoms with E-state index < -0.39 is 10.0 Å². The maximum absolute atomic E-state index is 12.6. The van der Waals surface area contributed by atoms with E-state index in [1.54, 1.807) is 30.5 Å². The van der Waals surface area contributed by atoms with Gasteiger partial charge in [-0.25, -0.2) is 13.1 Å². The van der Waals surface area contributed by atoms with Crippen molar-refractivity contribution in [3.05, 3.63) is 52.9 Å². The molecule has 0 radical (unpaired) electrons. The number of rotatable bonds is 6. The van der Waals surface area contributed by atoms with Crippen LogP contribution in [0.5, 0.6) is 0 Å². The maximum Gasteiger partial charge on any atom is 0.241 e. The van der Waals surface area contributed by atoms with Gasteiger partial charge in [0, 0.05) is 35.6 Å². The van der Waals surface area contributed by atoms with Crippen LogP contribution in [0.25, 0.3) is 0 Å². The molecule has 0 unspecified atom stereocenters. The fraction of sp³-hybridized carbons (Fsp3) is 0.375. The molecule has 8 heteroatoms. The summed E-state index contributed by atoms with van der Waals surface area (Å²) >= 11 is 5.22. The van der Waals surface area contributed by atoms with E-state index in [9.17, 15) is 8.42 Å². The predicted octanol–water partition coefficient (Wildman–Crippen LogP) is 3.11. The Morgan fingerprint density at radius 2 is 1.96 bits per heavy atom. The van der Waals surface area contributed by atoms with Crippen molar-refractivity contribution in [2.45, 2.75) is 10.9 Å². The summed E-state index contributed by atoms with van der Waals surface area (Å²) in [4.78, 5) is 2.52. The van der Waals surface area contributed by atoms with Gasteiger partial charge in [0.05, 0.1) is 17.2 Å². The van der Waals surface area contributed by atoms with Crippen molar-refractivity contribution >= 4 is 37.7 Å². The third-order valence-corrected chi connectivity index (χ3v) is 7.33. The standard InChI is InChI=1S/C16H19BrN2O3S2/c17-13-4-1-2-6-16(13)24(20,21)18-12-14(15-5-3-9-22-15)19-7-10-23-11-8-19/h1-6,9,14,18H,7-8,10-12H2/t14-/m1/s1. The average Bonchev–Trinajstić information content (AvgIpc) is 3.10. The molecule has 24 heavy (non-hydrogen) atoms. The molecule has 0 saturated carbocycles. The number of hydrogen-bond acceptors (Lipinski definition) is 5. The SMILES string of the molecule is O=S(=O)(NC[C@H](c1ccco1)N1CCSCC1)c1ccccc1Br. The second-order valence-corrected chi connectivity index (χ2v) is 9.28. The first kappa shape index (κ1) is 18.0. The molecule has 2 aromatic rings. The van der Waals surface area contributed by atoms with Crippen LogP contribution in [0.3, 0.4) is 0 Å². The lowest BCUT2D eigenvalue weighted by molar-refractivity contribution is 0.193. The average molecular weight is 431 g/mol. The van der Waals surface area contributed by atoms with Gasteiger partial charge in [-0.3, -0.25) is 4.90 Å². The number of furan rings is 1. The second-order valence-electron chi connectivity index (χ2n) is 5.46. The Hall–Kier alpha value is -0.800. The third-order valence-electron chi connectivity index (χ3n) is 3.95. The lowest BCUT2D eigenvalue weighted by Crippen LogP contribution is -2.41. The van der Waals surface area contributed by atoms with E-state index >= 15 is 0 Å². The smallest absolute Gasteiger partial charge is 0.241 e. The van der Waals surface area contributed by atoms with E-state index in [0.29, 0.717) is 4.47 Å². The lowest BCUT2D eigenvalue weighted by atomic mass is 10.2. The monoisotopic (exact) mass is 430 g/mol. The summed E-state index contributed by atoms with van der Waals surface area (Å²) in [6.45, 7) is 2.13. The van der Waals surface area contributed by atoms with Crippen LogP contribution in [0, 0.1) is 0 Å². The molecule has 1 aromatic carbocycles. The Kier molecular flexibility index (Phi) is 6.04. The molecule has 1 aromatic heterocycles. The van der Waals surface area contributed by atoms with Crippen molar-refractivity contribution in [2.75, 3.05) is 31.1 Å². The highest BCUT2D eigenvalue weighted by Gasteiger charge is 2.27. The van der Waals surface area contributed by atoms with Crippen LogP contribution in [0.15, 0.2) is 56.4 Å². The quantitative estimate of drug-likeness (QED) is 0.762. The van der Waals surface area contributed by atoms with Gasteiger partial charge in [-0.1, -0.05) is 12.1 Å². The number of hydrogen-bond donors (Lipinski definition) is 1. The lowest BCUT2D eigenvalue weighted by Gasteiger charge is -2.33. The number of nitrogens with one attached hydrogen (secondary N) is 1. The molecule has 0 aliphatic carbocycles. The molecule has 0 amide bonds. The molecule has 1 aliphatic heterocycles. The molecule has 1 saturated heterocycles. The van der Waals surface area contributed by atoms with Gasteiger partial charge in [0.25, 0.3) is 0 Å². The Balaban J connectivity index is 1.77. The first-order chi connectivity index (χ1) is 11.6. The minimum atomic E-state index is -3.59. The summed E-state index contributed by atoms with van der Waals surface area (Å²) in [7, 11) is -3.59. The van der Waals surface area contributed by atoms with E-state index in [2.05, 4.69) is 25.6 Å². The molecule has 0 bridgehead atoms. The number of nitrogens with zero attached hydrogens (tertiary/aromatic N) is 1. The molecule has 2 heterocycles. The van der Waals surface area contributed by atoms with Crippen molar-refractivity contribution in [3.8, 4) is 0 Å². The molecule has 1 atom stereocenters. The fourth-order valence-corrected chi connectivity index (χ4v) is 5.68. The van der Waals surface area contributed by atoms with Crippen molar-refractivity contribution in [1.29, 1.82) is 0 Å². The van der Waals surface area contributed by atoms with Crippen LogP contribution in [0.4, 0.5) is 0 Å². The van der Waals surface area contributed by atoms with Crippen molar-refractivity contribution < 1.29 is 12.8 Å². The van der Waals surface area contributed by atoms with E-state index in [0.717, 1.165) is 30.4 Å². The molecule has 0 spiro atoms. The summed E-state index contributed by atoms with van der Waals surface area (Å²) in [5, 5.41) is 0. The van der Waals surface area contributed by atoms with Gasteiger partial charge in [-0.15, -0.1) is 0 Å². The highest BCUT2D eigenvalue weighted by molar-refractivity contribution is 9.10. The molecule has 1 fully saturated rings. The number of halogens is 1.